The molecule has 0 aliphatic heterocycles. The highest BCUT2D eigenvalue weighted by Crippen LogP contribution is 2.26. The average Bonchev–Trinajstić information content (AvgIpc) is 2.68. The second-order valence-electron chi connectivity index (χ2n) is 8.26. The number of carbonyl (C=O) groups is 4. The largest absolute Gasteiger partial charge is 0.468 e. The molecule has 0 aliphatic carbocycles. The van der Waals surface area contributed by atoms with Gasteiger partial charge in [0.1, 0.15) is 24.2 Å². The van der Waals surface area contributed by atoms with Crippen LogP contribution in [0.1, 0.15) is 50.4 Å². The van der Waals surface area contributed by atoms with Crippen LogP contribution in [0.3, 0.4) is 0 Å². The summed E-state index contributed by atoms with van der Waals surface area (Å²) in [7, 11) is 1.19. The molecule has 0 aliphatic rings. The number of nitrogens with one attached hydrogen (secondary N) is 2. The van der Waals surface area contributed by atoms with Crippen LogP contribution in [0.15, 0.2) is 18.2 Å². The highest BCUT2D eigenvalue weighted by molar-refractivity contribution is 5.94. The Kier molecular flexibility index (Phi) is 9.26. The summed E-state index contributed by atoms with van der Waals surface area (Å²) in [6.07, 6.45) is 4.82. The van der Waals surface area contributed by atoms with Gasteiger partial charge in [0.15, 0.2) is 0 Å². The Morgan fingerprint density at radius 1 is 1.19 bits per heavy atom. The third-order valence-corrected chi connectivity index (χ3v) is 4.34. The van der Waals surface area contributed by atoms with Crippen LogP contribution in [-0.4, -0.2) is 54.1 Å². The molecule has 1 aromatic carbocycles. The van der Waals surface area contributed by atoms with E-state index in [2.05, 4.69) is 21.4 Å². The molecule has 2 unspecified atom stereocenters. The van der Waals surface area contributed by atoms with Crippen LogP contribution in [0.4, 0.5) is 4.79 Å². The molecule has 0 saturated carbocycles. The van der Waals surface area contributed by atoms with Crippen molar-refractivity contribution < 1.29 is 28.7 Å². The fraction of sp³-hybridized carbons (Fsp3) is 0.478. The summed E-state index contributed by atoms with van der Waals surface area (Å²) in [6.45, 7) is 9.78. The molecule has 2 atom stereocenters. The summed E-state index contributed by atoms with van der Waals surface area (Å²) >= 11 is 0. The lowest BCUT2D eigenvalue weighted by molar-refractivity contribution is -0.142. The highest BCUT2D eigenvalue weighted by Gasteiger charge is 2.35. The Morgan fingerprint density at radius 3 is 2.31 bits per heavy atom. The fourth-order valence-corrected chi connectivity index (χ4v) is 2.88. The zero-order valence-electron chi connectivity index (χ0n) is 19.6. The smallest absolute Gasteiger partial charge is 0.408 e. The van der Waals surface area contributed by atoms with Gasteiger partial charge in [-0.1, -0.05) is 30.2 Å². The summed E-state index contributed by atoms with van der Waals surface area (Å²) in [5.74, 6) is -2.02. The molecule has 0 saturated heterocycles. The first kappa shape index (κ1) is 26.5. The average molecular weight is 446 g/mol. The van der Waals surface area contributed by atoms with Crippen LogP contribution < -0.4 is 10.6 Å². The summed E-state index contributed by atoms with van der Waals surface area (Å²) in [6, 6.07) is 5.24. The molecule has 0 spiro atoms. The van der Waals surface area contributed by atoms with Crippen LogP contribution in [0, 0.1) is 26.3 Å². The van der Waals surface area contributed by atoms with Crippen molar-refractivity contribution in [2.45, 2.75) is 59.2 Å². The number of hydrogen-bond acceptors (Lipinski definition) is 6. The number of hydrogen-bond donors (Lipinski definition) is 2. The van der Waals surface area contributed by atoms with Crippen LogP contribution in [0.5, 0.6) is 0 Å². The summed E-state index contributed by atoms with van der Waals surface area (Å²) in [5.41, 5.74) is 1.41. The van der Waals surface area contributed by atoms with Gasteiger partial charge in [-0.3, -0.25) is 19.3 Å². The van der Waals surface area contributed by atoms with E-state index in [0.717, 1.165) is 16.0 Å². The Morgan fingerprint density at radius 2 is 1.81 bits per heavy atom. The standard InChI is InChI=1S/C23H31N3O6/c1-9-26(21(29)16(4)25-22(30)32-23(5,6)7)19(20(28)24-13-18(27)31-8)17-11-10-14(2)12-15(17)3/h1,10-12,16,19H,13H2,2-8H3,(H,24,28)(H,25,30). The van der Waals surface area contributed by atoms with Gasteiger partial charge in [0.25, 0.3) is 5.91 Å². The van der Waals surface area contributed by atoms with E-state index >= 15 is 0 Å². The quantitative estimate of drug-likeness (QED) is 0.377. The summed E-state index contributed by atoms with van der Waals surface area (Å²) in [4.78, 5) is 50.6. The molecule has 2 N–H and O–H groups in total. The monoisotopic (exact) mass is 445 g/mol. The molecule has 0 aromatic heterocycles. The van der Waals surface area contributed by atoms with E-state index in [9.17, 15) is 19.2 Å². The Labute approximate surface area is 188 Å². The SMILES string of the molecule is C#CN(C(=O)C(C)NC(=O)OC(C)(C)C)C(C(=O)NCC(=O)OC)c1ccc(C)cc1C. The number of nitrogens with zero attached hydrogens (tertiary/aromatic N) is 1. The molecule has 1 aromatic rings. The normalized spacial score (nSPS) is 12.6. The van der Waals surface area contributed by atoms with Crippen LogP contribution in [-0.2, 0) is 23.9 Å². The van der Waals surface area contributed by atoms with Crippen molar-refractivity contribution >= 4 is 23.9 Å². The summed E-state index contributed by atoms with van der Waals surface area (Å²) in [5, 5.41) is 4.86. The molecule has 1 rings (SSSR count). The minimum atomic E-state index is -1.24. The molecule has 32 heavy (non-hydrogen) atoms. The van der Waals surface area contributed by atoms with E-state index in [4.69, 9.17) is 11.2 Å². The topological polar surface area (TPSA) is 114 Å². The van der Waals surface area contributed by atoms with Crippen molar-refractivity contribution in [3.8, 4) is 12.5 Å². The number of ether oxygens (including phenoxy) is 2. The van der Waals surface area contributed by atoms with Crippen LogP contribution in [0.2, 0.25) is 0 Å². The van der Waals surface area contributed by atoms with E-state index in [0.29, 0.717) is 5.56 Å². The number of methoxy groups -OCH3 is 1. The first-order chi connectivity index (χ1) is 14.8. The Hall–Kier alpha value is -3.54. The van der Waals surface area contributed by atoms with E-state index in [1.54, 1.807) is 39.8 Å². The summed E-state index contributed by atoms with van der Waals surface area (Å²) < 4.78 is 9.72. The van der Waals surface area contributed by atoms with E-state index in [1.165, 1.54) is 14.0 Å². The predicted octanol–water partition coefficient (Wildman–Crippen LogP) is 1.97. The van der Waals surface area contributed by atoms with Gasteiger partial charge in [0, 0.05) is 6.04 Å². The van der Waals surface area contributed by atoms with Crippen molar-refractivity contribution in [1.82, 2.24) is 15.5 Å². The third kappa shape index (κ3) is 7.61. The van der Waals surface area contributed by atoms with Crippen molar-refractivity contribution in [3.63, 3.8) is 0 Å². The maximum Gasteiger partial charge on any atom is 0.408 e. The molecular weight excluding hydrogens is 414 g/mol. The maximum absolute atomic E-state index is 13.1. The Balaban J connectivity index is 3.25. The molecule has 0 heterocycles. The van der Waals surface area contributed by atoms with Gasteiger partial charge >= 0.3 is 12.1 Å². The molecule has 174 valence electrons. The lowest BCUT2D eigenvalue weighted by atomic mass is 9.97. The lowest BCUT2D eigenvalue weighted by Crippen LogP contribution is -2.50. The number of rotatable bonds is 7. The van der Waals surface area contributed by atoms with Crippen LogP contribution >= 0.6 is 0 Å². The minimum absolute atomic E-state index is 0.394. The van der Waals surface area contributed by atoms with Gasteiger partial charge in [-0.15, -0.1) is 0 Å². The molecule has 3 amide bonds. The highest BCUT2D eigenvalue weighted by atomic mass is 16.6. The van der Waals surface area contributed by atoms with Crippen LogP contribution in [0.25, 0.3) is 0 Å². The Bertz CT molecular complexity index is 913. The number of aryl methyl sites for hydroxylation is 2. The van der Waals surface area contributed by atoms with E-state index in [1.807, 2.05) is 13.0 Å². The number of amides is 3. The molecular formula is C23H31N3O6. The number of esters is 1. The number of carbonyl (C=O) groups excluding carboxylic acids is 4. The second-order valence-corrected chi connectivity index (χ2v) is 8.26. The maximum atomic E-state index is 13.1. The van der Waals surface area contributed by atoms with Gasteiger partial charge in [-0.2, -0.15) is 0 Å². The molecule has 0 fully saturated rings. The third-order valence-electron chi connectivity index (χ3n) is 4.34. The lowest BCUT2D eigenvalue weighted by Gasteiger charge is -2.30. The van der Waals surface area contributed by atoms with E-state index in [-0.39, 0.29) is 0 Å². The number of terminal acetylenes is 1. The first-order valence-electron chi connectivity index (χ1n) is 10.0. The second kappa shape index (κ2) is 11.2. The molecule has 0 bridgehead atoms. The van der Waals surface area contributed by atoms with Crippen molar-refractivity contribution in [3.05, 3.63) is 34.9 Å². The van der Waals surface area contributed by atoms with Gasteiger partial charge in [0.2, 0.25) is 5.91 Å². The van der Waals surface area contributed by atoms with Gasteiger partial charge in [-0.05, 0) is 52.7 Å². The van der Waals surface area contributed by atoms with Gasteiger partial charge in [-0.25, -0.2) is 4.79 Å². The molecule has 9 nitrogen and oxygen atoms in total. The van der Waals surface area contributed by atoms with E-state index < -0.39 is 48.1 Å². The molecule has 9 heteroatoms. The first-order valence-corrected chi connectivity index (χ1v) is 10.0. The molecule has 0 radical (unpaired) electrons. The number of benzene rings is 1. The predicted molar refractivity (Wildman–Crippen MR) is 118 cm³/mol. The zero-order valence-corrected chi connectivity index (χ0v) is 19.6. The zero-order chi connectivity index (χ0) is 24.6. The van der Waals surface area contributed by atoms with Gasteiger partial charge in [0.05, 0.1) is 7.11 Å². The number of alkyl carbamates (subject to hydrolysis) is 1. The van der Waals surface area contributed by atoms with Crippen molar-refractivity contribution in [2.24, 2.45) is 0 Å². The fourth-order valence-electron chi connectivity index (χ4n) is 2.88. The van der Waals surface area contributed by atoms with Gasteiger partial charge < -0.3 is 20.1 Å². The van der Waals surface area contributed by atoms with Crippen molar-refractivity contribution in [2.75, 3.05) is 13.7 Å². The minimum Gasteiger partial charge on any atom is -0.468 e. The van der Waals surface area contributed by atoms with Crippen molar-refractivity contribution in [1.29, 1.82) is 0 Å².